The minimum Gasteiger partial charge on any atom is -0.508 e. The summed E-state index contributed by atoms with van der Waals surface area (Å²) in [7, 11) is 0. The monoisotopic (exact) mass is 683 g/mol. The molecule has 0 aromatic heterocycles. The zero-order chi connectivity index (χ0) is 30.1. The van der Waals surface area contributed by atoms with Crippen LogP contribution in [0.4, 0.5) is 29.3 Å². The predicted octanol–water partition coefficient (Wildman–Crippen LogP) is 5.78. The van der Waals surface area contributed by atoms with Crippen LogP contribution in [0.15, 0.2) is 60.2 Å². The molecular formula is C26H17F3IN3O8. The first kappa shape index (κ1) is 29.3. The van der Waals surface area contributed by atoms with E-state index in [1.807, 2.05) is 0 Å². The number of halogens is 4. The third-order valence-corrected chi connectivity index (χ3v) is 6.35. The number of carbonyl (C=O) groups is 3. The number of phenols is 1. The van der Waals surface area contributed by atoms with Crippen molar-refractivity contribution in [3.05, 3.63) is 85.0 Å². The number of amides is 4. The van der Waals surface area contributed by atoms with Crippen molar-refractivity contribution < 1.29 is 47.1 Å². The maximum Gasteiger partial charge on any atom is 0.416 e. The summed E-state index contributed by atoms with van der Waals surface area (Å²) in [6, 6.07) is 8.75. The molecule has 0 aliphatic carbocycles. The first-order chi connectivity index (χ1) is 19.3. The van der Waals surface area contributed by atoms with Crippen LogP contribution in [0.1, 0.15) is 18.1 Å². The van der Waals surface area contributed by atoms with Gasteiger partial charge in [-0.05, 0) is 89.7 Å². The maximum atomic E-state index is 13.2. The molecule has 3 aromatic rings. The summed E-state index contributed by atoms with van der Waals surface area (Å²) in [6.45, 7) is 1.71. The lowest BCUT2D eigenvalue weighted by Crippen LogP contribution is -2.54. The highest BCUT2D eigenvalue weighted by Gasteiger charge is 2.37. The van der Waals surface area contributed by atoms with Gasteiger partial charge >= 0.3 is 17.9 Å². The number of urea groups is 1. The predicted molar refractivity (Wildman–Crippen MR) is 146 cm³/mol. The van der Waals surface area contributed by atoms with Crippen molar-refractivity contribution in [2.45, 2.75) is 13.1 Å². The SMILES string of the molecule is CCOc1cc(/C=C2\C(=O)NC(=O)N(c3ccc(O)cc3)C2=O)cc(I)c1Oc1ccc(C(F)(F)F)cc1[N+](=O)[O-]. The van der Waals surface area contributed by atoms with Gasteiger partial charge in [0.15, 0.2) is 11.5 Å². The van der Waals surface area contributed by atoms with Gasteiger partial charge in [-0.3, -0.25) is 25.0 Å². The van der Waals surface area contributed by atoms with Crippen molar-refractivity contribution in [2.75, 3.05) is 11.5 Å². The van der Waals surface area contributed by atoms with Gasteiger partial charge in [0.05, 0.1) is 26.4 Å². The van der Waals surface area contributed by atoms with Gasteiger partial charge in [0.2, 0.25) is 5.75 Å². The number of alkyl halides is 3. The second-order valence-corrected chi connectivity index (χ2v) is 9.44. The molecule has 1 aliphatic rings. The Kier molecular flexibility index (Phi) is 8.18. The van der Waals surface area contributed by atoms with Crippen LogP contribution in [0, 0.1) is 13.7 Å². The van der Waals surface area contributed by atoms with Crippen LogP contribution >= 0.6 is 22.6 Å². The van der Waals surface area contributed by atoms with Crippen molar-refractivity contribution in [1.29, 1.82) is 0 Å². The second-order valence-electron chi connectivity index (χ2n) is 8.28. The summed E-state index contributed by atoms with van der Waals surface area (Å²) in [6.07, 6.45) is -3.62. The smallest absolute Gasteiger partial charge is 0.416 e. The van der Waals surface area contributed by atoms with E-state index >= 15 is 0 Å². The van der Waals surface area contributed by atoms with E-state index in [0.717, 1.165) is 6.07 Å². The largest absolute Gasteiger partial charge is 0.508 e. The molecule has 0 spiro atoms. The molecule has 1 heterocycles. The Morgan fingerprint density at radius 1 is 1.07 bits per heavy atom. The van der Waals surface area contributed by atoms with Gasteiger partial charge in [-0.1, -0.05) is 0 Å². The zero-order valence-electron chi connectivity index (χ0n) is 20.7. The Bertz CT molecular complexity index is 1610. The minimum atomic E-state index is -4.81. The van der Waals surface area contributed by atoms with E-state index in [-0.39, 0.29) is 38.7 Å². The van der Waals surface area contributed by atoms with Crippen molar-refractivity contribution in [3.63, 3.8) is 0 Å². The van der Waals surface area contributed by atoms with Crippen LogP contribution in [0.3, 0.4) is 0 Å². The van der Waals surface area contributed by atoms with Crippen LogP contribution < -0.4 is 19.7 Å². The zero-order valence-corrected chi connectivity index (χ0v) is 22.8. The average Bonchev–Trinajstić information content (AvgIpc) is 2.89. The molecule has 1 aliphatic heterocycles. The Morgan fingerprint density at radius 2 is 1.76 bits per heavy atom. The fraction of sp³-hybridized carbons (Fsp3) is 0.115. The molecule has 15 heteroatoms. The summed E-state index contributed by atoms with van der Waals surface area (Å²) in [5, 5.41) is 23.1. The molecule has 0 bridgehead atoms. The lowest BCUT2D eigenvalue weighted by Gasteiger charge is -2.26. The quantitative estimate of drug-likeness (QED) is 0.105. The van der Waals surface area contributed by atoms with Crippen molar-refractivity contribution in [3.8, 4) is 23.0 Å². The molecule has 0 radical (unpaired) electrons. The molecular weight excluding hydrogens is 666 g/mol. The van der Waals surface area contributed by atoms with Crippen LogP contribution in [-0.2, 0) is 15.8 Å². The number of carbonyl (C=O) groups excluding carboxylic acids is 3. The molecule has 212 valence electrons. The number of ether oxygens (including phenoxy) is 2. The third kappa shape index (κ3) is 6.24. The molecule has 0 unspecified atom stereocenters. The first-order valence-corrected chi connectivity index (χ1v) is 12.6. The molecule has 2 N–H and O–H groups in total. The summed E-state index contributed by atoms with van der Waals surface area (Å²) < 4.78 is 50.8. The van der Waals surface area contributed by atoms with Gasteiger partial charge in [-0.25, -0.2) is 9.69 Å². The third-order valence-electron chi connectivity index (χ3n) is 5.55. The molecule has 0 saturated carbocycles. The molecule has 4 amide bonds. The Balaban J connectivity index is 1.74. The minimum absolute atomic E-state index is 0.00980. The van der Waals surface area contributed by atoms with Crippen LogP contribution in [0.2, 0.25) is 0 Å². The number of benzene rings is 3. The number of anilines is 1. The van der Waals surface area contributed by atoms with Crippen LogP contribution in [-0.4, -0.2) is 34.5 Å². The number of barbiturate groups is 1. The molecule has 3 aromatic carbocycles. The Morgan fingerprint density at radius 3 is 2.37 bits per heavy atom. The average molecular weight is 683 g/mol. The van der Waals surface area contributed by atoms with Gasteiger partial charge in [-0.15, -0.1) is 0 Å². The first-order valence-electron chi connectivity index (χ1n) is 11.5. The number of phenolic OH excluding ortho intramolecular Hbond substituents is 1. The molecule has 1 saturated heterocycles. The number of rotatable bonds is 7. The van der Waals surface area contributed by atoms with Gasteiger partial charge < -0.3 is 14.6 Å². The number of nitro groups is 1. The van der Waals surface area contributed by atoms with E-state index in [9.17, 15) is 42.8 Å². The topological polar surface area (TPSA) is 148 Å². The Labute approximate surface area is 242 Å². The normalized spacial score (nSPS) is 14.7. The van der Waals surface area contributed by atoms with E-state index in [0.29, 0.717) is 17.0 Å². The molecule has 1 fully saturated rings. The van der Waals surface area contributed by atoms with Gasteiger partial charge in [0.1, 0.15) is 11.3 Å². The lowest BCUT2D eigenvalue weighted by atomic mass is 10.1. The van der Waals surface area contributed by atoms with E-state index in [1.165, 1.54) is 42.5 Å². The number of nitro benzene ring substituents is 1. The van der Waals surface area contributed by atoms with E-state index in [1.54, 1.807) is 29.5 Å². The second kappa shape index (κ2) is 11.4. The van der Waals surface area contributed by atoms with Gasteiger partial charge in [0.25, 0.3) is 11.8 Å². The van der Waals surface area contributed by atoms with Gasteiger partial charge in [0, 0.05) is 6.07 Å². The van der Waals surface area contributed by atoms with Crippen LogP contribution in [0.5, 0.6) is 23.0 Å². The van der Waals surface area contributed by atoms with Crippen LogP contribution in [0.25, 0.3) is 6.08 Å². The summed E-state index contributed by atoms with van der Waals surface area (Å²) >= 11 is 1.79. The van der Waals surface area contributed by atoms with Crippen molar-refractivity contribution in [2.24, 2.45) is 0 Å². The highest BCUT2D eigenvalue weighted by atomic mass is 127. The van der Waals surface area contributed by atoms with E-state index in [4.69, 9.17) is 9.47 Å². The maximum absolute atomic E-state index is 13.2. The molecule has 41 heavy (non-hydrogen) atoms. The molecule has 11 nitrogen and oxygen atoms in total. The molecule has 4 rings (SSSR count). The standard InChI is InChI=1S/C26H17F3IN3O8/c1-2-40-21-11-13(9-17-23(35)31-25(37)32(24(17)36)15-4-6-16(34)7-5-15)10-18(30)22(21)41-20-8-3-14(26(27,28)29)12-19(20)33(38)39/h3-12,34H,2H2,1H3,(H,31,35,37)/b17-9+. The highest BCUT2D eigenvalue weighted by molar-refractivity contribution is 14.1. The molecule has 0 atom stereocenters. The van der Waals surface area contributed by atoms with E-state index in [2.05, 4.69) is 5.32 Å². The number of aromatic hydroxyl groups is 1. The summed E-state index contributed by atoms with van der Waals surface area (Å²) in [5.74, 6) is -2.54. The number of hydrogen-bond acceptors (Lipinski definition) is 8. The van der Waals surface area contributed by atoms with Gasteiger partial charge in [-0.2, -0.15) is 13.2 Å². The summed E-state index contributed by atoms with van der Waals surface area (Å²) in [5.41, 5.74) is -2.23. The Hall–Kier alpha value is -4.67. The number of nitrogens with zero attached hydrogens (tertiary/aromatic N) is 2. The number of nitrogens with one attached hydrogen (secondary N) is 1. The van der Waals surface area contributed by atoms with Crippen molar-refractivity contribution >= 4 is 57.9 Å². The lowest BCUT2D eigenvalue weighted by molar-refractivity contribution is -0.385. The summed E-state index contributed by atoms with van der Waals surface area (Å²) in [4.78, 5) is 49.3. The van der Waals surface area contributed by atoms with E-state index < -0.39 is 51.5 Å². The van der Waals surface area contributed by atoms with Crippen molar-refractivity contribution in [1.82, 2.24) is 5.32 Å². The number of hydrogen-bond donors (Lipinski definition) is 2. The highest BCUT2D eigenvalue weighted by Crippen LogP contribution is 2.42. The fourth-order valence-corrected chi connectivity index (χ4v) is 4.46. The fourth-order valence-electron chi connectivity index (χ4n) is 3.73. The number of imide groups is 2.